The molecule has 9 heteroatoms. The summed E-state index contributed by atoms with van der Waals surface area (Å²) < 4.78 is 44.5. The summed E-state index contributed by atoms with van der Waals surface area (Å²) in [5.41, 5.74) is -0.965. The first-order chi connectivity index (χ1) is 12.7. The van der Waals surface area contributed by atoms with Crippen LogP contribution in [0.5, 0.6) is 0 Å². The van der Waals surface area contributed by atoms with Crippen LogP contribution in [0.15, 0.2) is 18.2 Å². The van der Waals surface area contributed by atoms with Gasteiger partial charge < -0.3 is 20.1 Å². The van der Waals surface area contributed by atoms with Gasteiger partial charge in [-0.25, -0.2) is 9.59 Å². The minimum atomic E-state index is -4.55. The molecule has 1 aromatic carbocycles. The van der Waals surface area contributed by atoms with Crippen molar-refractivity contribution in [3.05, 3.63) is 29.3 Å². The molecule has 2 aliphatic rings. The first kappa shape index (κ1) is 19.3. The number of halogens is 3. The molecule has 148 valence electrons. The van der Waals surface area contributed by atoms with E-state index in [1.165, 1.54) is 12.0 Å². The van der Waals surface area contributed by atoms with Gasteiger partial charge in [0.05, 0.1) is 18.2 Å². The van der Waals surface area contributed by atoms with Crippen LogP contribution in [0.3, 0.4) is 0 Å². The molecule has 1 saturated heterocycles. The average Bonchev–Trinajstić information content (AvgIpc) is 2.85. The van der Waals surface area contributed by atoms with Crippen LogP contribution in [-0.4, -0.2) is 48.8 Å². The number of hydrogen-bond donors (Lipinski definition) is 2. The summed E-state index contributed by atoms with van der Waals surface area (Å²) in [7, 11) is 1.17. The average molecular weight is 386 g/mol. The van der Waals surface area contributed by atoms with E-state index in [1.807, 2.05) is 0 Å². The van der Waals surface area contributed by atoms with Crippen LogP contribution in [0, 0.1) is 17.8 Å². The van der Waals surface area contributed by atoms with Gasteiger partial charge in [0, 0.05) is 25.3 Å². The fourth-order valence-corrected chi connectivity index (χ4v) is 4.24. The Kier molecular flexibility index (Phi) is 5.21. The van der Waals surface area contributed by atoms with Crippen LogP contribution >= 0.6 is 0 Å². The highest BCUT2D eigenvalue weighted by Crippen LogP contribution is 2.42. The molecular formula is C18H21F3N2O4. The number of carbonyl (C=O) groups is 2. The van der Waals surface area contributed by atoms with Crippen molar-refractivity contribution < 1.29 is 32.6 Å². The highest BCUT2D eigenvalue weighted by molar-refractivity contribution is 5.90. The van der Waals surface area contributed by atoms with Gasteiger partial charge in [-0.3, -0.25) is 0 Å². The molecule has 1 aromatic rings. The lowest BCUT2D eigenvalue weighted by Gasteiger charge is -2.37. The van der Waals surface area contributed by atoms with Crippen molar-refractivity contribution in [2.24, 2.45) is 17.8 Å². The summed E-state index contributed by atoms with van der Waals surface area (Å²) in [5, 5.41) is 12.0. The SMILES string of the molecule is COC(=O)c1ccc(C(F)(F)F)c(NCC2C3CCC2CN(C(=O)O)C3)c1. The lowest BCUT2D eigenvalue weighted by molar-refractivity contribution is -0.137. The van der Waals surface area contributed by atoms with E-state index in [4.69, 9.17) is 5.11 Å². The van der Waals surface area contributed by atoms with Crippen molar-refractivity contribution in [3.63, 3.8) is 0 Å². The number of methoxy groups -OCH3 is 1. The number of rotatable bonds is 4. The minimum absolute atomic E-state index is 0.0386. The minimum Gasteiger partial charge on any atom is -0.465 e. The Morgan fingerprint density at radius 1 is 1.26 bits per heavy atom. The number of esters is 1. The second kappa shape index (κ2) is 7.28. The Hall–Kier alpha value is -2.45. The first-order valence-corrected chi connectivity index (χ1v) is 8.72. The quantitative estimate of drug-likeness (QED) is 0.774. The number of benzene rings is 1. The molecule has 2 bridgehead atoms. The van der Waals surface area contributed by atoms with Crippen LogP contribution in [0.25, 0.3) is 0 Å². The standard InChI is InChI=1S/C18H21F3N2O4/c1-27-16(24)10-4-5-14(18(19,20)21)15(6-10)22-7-13-11-2-3-12(13)9-23(8-11)17(25)26/h4-6,11-13,22H,2-3,7-9H2,1H3,(H,25,26). The van der Waals surface area contributed by atoms with Crippen molar-refractivity contribution in [3.8, 4) is 0 Å². The normalized spacial score (nSPS) is 24.6. The van der Waals surface area contributed by atoms with Crippen molar-refractivity contribution in [2.45, 2.75) is 19.0 Å². The highest BCUT2D eigenvalue weighted by Gasteiger charge is 2.43. The summed E-state index contributed by atoms with van der Waals surface area (Å²) >= 11 is 0. The number of hydrogen-bond acceptors (Lipinski definition) is 4. The Labute approximate surface area is 154 Å². The third-order valence-electron chi connectivity index (χ3n) is 5.57. The van der Waals surface area contributed by atoms with Gasteiger partial charge >= 0.3 is 18.2 Å². The van der Waals surface area contributed by atoms with Crippen molar-refractivity contribution in [2.75, 3.05) is 32.1 Å². The number of anilines is 1. The first-order valence-electron chi connectivity index (χ1n) is 8.72. The molecule has 1 saturated carbocycles. The van der Waals surface area contributed by atoms with Gasteiger partial charge in [0.1, 0.15) is 0 Å². The number of piperidine rings is 1. The molecule has 3 rings (SSSR count). The third-order valence-corrected chi connectivity index (χ3v) is 5.57. The molecule has 2 unspecified atom stereocenters. The Bertz CT molecular complexity index is 724. The monoisotopic (exact) mass is 386 g/mol. The van der Waals surface area contributed by atoms with Gasteiger partial charge in [0.2, 0.25) is 0 Å². The molecule has 2 atom stereocenters. The number of carbonyl (C=O) groups excluding carboxylic acids is 1. The third kappa shape index (κ3) is 3.96. The zero-order chi connectivity index (χ0) is 19.8. The molecule has 1 heterocycles. The number of nitrogens with one attached hydrogen (secondary N) is 1. The van der Waals surface area contributed by atoms with Crippen LogP contribution in [0.2, 0.25) is 0 Å². The van der Waals surface area contributed by atoms with Crippen molar-refractivity contribution in [1.29, 1.82) is 0 Å². The summed E-state index contributed by atoms with van der Waals surface area (Å²) in [5.74, 6) is -0.346. The van der Waals surface area contributed by atoms with Crippen LogP contribution in [-0.2, 0) is 10.9 Å². The van der Waals surface area contributed by atoms with Crippen molar-refractivity contribution in [1.82, 2.24) is 4.90 Å². The maximum atomic E-state index is 13.3. The highest BCUT2D eigenvalue weighted by atomic mass is 19.4. The van der Waals surface area contributed by atoms with Gasteiger partial charge in [-0.15, -0.1) is 0 Å². The largest absolute Gasteiger partial charge is 0.465 e. The van der Waals surface area contributed by atoms with Gasteiger partial charge in [0.15, 0.2) is 0 Å². The fourth-order valence-electron chi connectivity index (χ4n) is 4.24. The fraction of sp³-hybridized carbons (Fsp3) is 0.556. The Balaban J connectivity index is 1.77. The predicted molar refractivity (Wildman–Crippen MR) is 90.6 cm³/mol. The van der Waals surface area contributed by atoms with Gasteiger partial charge in [0.25, 0.3) is 0 Å². The topological polar surface area (TPSA) is 78.9 Å². The van der Waals surface area contributed by atoms with E-state index in [0.29, 0.717) is 19.6 Å². The number of fused-ring (bicyclic) bond motifs is 2. The second-order valence-corrected chi connectivity index (χ2v) is 7.08. The molecular weight excluding hydrogens is 365 g/mol. The van der Waals surface area contributed by atoms with Gasteiger partial charge in [-0.2, -0.15) is 13.2 Å². The summed E-state index contributed by atoms with van der Waals surface area (Å²) in [6.07, 6.45) is -3.77. The lowest BCUT2D eigenvalue weighted by Crippen LogP contribution is -2.46. The molecule has 1 amide bonds. The number of carboxylic acid groups (broad SMARTS) is 1. The van der Waals surface area contributed by atoms with E-state index in [2.05, 4.69) is 10.1 Å². The summed E-state index contributed by atoms with van der Waals surface area (Å²) in [4.78, 5) is 24.2. The molecule has 2 fully saturated rings. The maximum Gasteiger partial charge on any atom is 0.418 e. The van der Waals surface area contributed by atoms with E-state index in [1.54, 1.807) is 0 Å². The summed E-state index contributed by atoms with van der Waals surface area (Å²) in [6, 6.07) is 3.12. The zero-order valence-electron chi connectivity index (χ0n) is 14.8. The van der Waals surface area contributed by atoms with Crippen LogP contribution < -0.4 is 5.32 Å². The Morgan fingerprint density at radius 2 is 1.89 bits per heavy atom. The number of alkyl halides is 3. The number of amides is 1. The van der Waals surface area contributed by atoms with Crippen LogP contribution in [0.1, 0.15) is 28.8 Å². The van der Waals surface area contributed by atoms with E-state index >= 15 is 0 Å². The Morgan fingerprint density at radius 3 is 2.41 bits per heavy atom. The van der Waals surface area contributed by atoms with Gasteiger partial charge in [-0.05, 0) is 48.8 Å². The maximum absolute atomic E-state index is 13.3. The molecule has 1 aliphatic heterocycles. The van der Waals surface area contributed by atoms with E-state index in [-0.39, 0.29) is 29.0 Å². The zero-order valence-corrected chi connectivity index (χ0v) is 14.8. The van der Waals surface area contributed by atoms with Crippen LogP contribution in [0.4, 0.5) is 23.7 Å². The number of likely N-dealkylation sites (tertiary alicyclic amines) is 1. The smallest absolute Gasteiger partial charge is 0.418 e. The second-order valence-electron chi connectivity index (χ2n) is 7.08. The van der Waals surface area contributed by atoms with E-state index < -0.39 is 23.8 Å². The molecule has 2 N–H and O–H groups in total. The summed E-state index contributed by atoms with van der Waals surface area (Å²) in [6.45, 7) is 1.12. The molecule has 0 radical (unpaired) electrons. The van der Waals surface area contributed by atoms with E-state index in [9.17, 15) is 22.8 Å². The van der Waals surface area contributed by atoms with Crippen molar-refractivity contribution >= 4 is 17.7 Å². The molecule has 0 aromatic heterocycles. The molecule has 6 nitrogen and oxygen atoms in total. The number of ether oxygens (including phenoxy) is 1. The van der Waals surface area contributed by atoms with E-state index in [0.717, 1.165) is 31.0 Å². The number of nitrogens with zero attached hydrogens (tertiary/aromatic N) is 1. The lowest BCUT2D eigenvalue weighted by atomic mass is 9.85. The molecule has 27 heavy (non-hydrogen) atoms. The molecule has 1 aliphatic carbocycles. The molecule has 0 spiro atoms. The predicted octanol–water partition coefficient (Wildman–Crippen LogP) is 3.54. The van der Waals surface area contributed by atoms with Gasteiger partial charge in [-0.1, -0.05) is 0 Å².